The maximum absolute atomic E-state index is 5.57. The zero-order valence-electron chi connectivity index (χ0n) is 9.03. The van der Waals surface area contributed by atoms with E-state index in [0.29, 0.717) is 0 Å². The average molecular weight is 216 g/mol. The number of para-hydroxylation sites is 1. The molecule has 80 valence electrons. The quantitative estimate of drug-likeness (QED) is 0.572. The maximum atomic E-state index is 5.57. The van der Waals surface area contributed by atoms with Gasteiger partial charge in [0.1, 0.15) is 18.9 Å². The number of likely N-dealkylation sites (N-methyl/N-ethyl adjacent to an activating group) is 1. The summed E-state index contributed by atoms with van der Waals surface area (Å²) in [6.45, 7) is 1.79. The zero-order chi connectivity index (χ0) is 9.73. The Balaban J connectivity index is 0.00000169. The third-order valence-corrected chi connectivity index (χ3v) is 1.77. The second-order valence-corrected chi connectivity index (χ2v) is 4.18. The molecule has 0 radical (unpaired) electrons. The minimum absolute atomic E-state index is 0. The van der Waals surface area contributed by atoms with Crippen LogP contribution in [-0.4, -0.2) is 38.8 Å². The van der Waals surface area contributed by atoms with Crippen LogP contribution in [0.4, 0.5) is 0 Å². The highest BCUT2D eigenvalue weighted by Gasteiger charge is 2.05. The monoisotopic (exact) mass is 215 g/mol. The molecule has 0 aliphatic rings. The van der Waals surface area contributed by atoms with Crippen molar-refractivity contribution in [3.63, 3.8) is 0 Å². The van der Waals surface area contributed by atoms with Gasteiger partial charge in [-0.05, 0) is 12.1 Å². The van der Waals surface area contributed by atoms with Crippen molar-refractivity contribution in [1.82, 2.24) is 0 Å². The van der Waals surface area contributed by atoms with Crippen molar-refractivity contribution in [2.24, 2.45) is 0 Å². The molecule has 0 heterocycles. The molecule has 14 heavy (non-hydrogen) atoms. The lowest BCUT2D eigenvalue weighted by Crippen LogP contribution is -3.00. The van der Waals surface area contributed by atoms with Gasteiger partial charge >= 0.3 is 0 Å². The van der Waals surface area contributed by atoms with Crippen molar-refractivity contribution in [2.45, 2.75) is 0 Å². The van der Waals surface area contributed by atoms with Crippen molar-refractivity contribution in [1.29, 1.82) is 0 Å². The predicted octanol–water partition coefficient (Wildman–Crippen LogP) is -1.22. The van der Waals surface area contributed by atoms with Gasteiger partial charge in [-0.25, -0.2) is 0 Å². The molecule has 0 bridgehead atoms. The smallest absolute Gasteiger partial charge is 0.137 e. The Kier molecular flexibility index (Phi) is 5.58. The standard InChI is InChI=1S/C11H18NO.ClH/c1-12(2,3)9-10-13-11-7-5-4-6-8-11;/h4-8H,9-10H2,1-3H3;1H/q+1;/p-1. The number of quaternary nitrogens is 1. The van der Waals surface area contributed by atoms with Crippen LogP contribution in [0, 0.1) is 0 Å². The first kappa shape index (κ1) is 13.3. The van der Waals surface area contributed by atoms with Crippen LogP contribution in [0.25, 0.3) is 0 Å². The molecule has 1 aromatic rings. The van der Waals surface area contributed by atoms with Gasteiger partial charge in [-0.2, -0.15) is 0 Å². The number of rotatable bonds is 4. The van der Waals surface area contributed by atoms with E-state index in [-0.39, 0.29) is 12.4 Å². The maximum Gasteiger partial charge on any atom is 0.137 e. The summed E-state index contributed by atoms with van der Waals surface area (Å²) in [7, 11) is 6.48. The van der Waals surface area contributed by atoms with Crippen LogP contribution in [0.15, 0.2) is 30.3 Å². The lowest BCUT2D eigenvalue weighted by Gasteiger charge is -2.23. The summed E-state index contributed by atoms with van der Waals surface area (Å²) in [5.41, 5.74) is 0. The van der Waals surface area contributed by atoms with Crippen molar-refractivity contribution in [2.75, 3.05) is 34.3 Å². The normalized spacial score (nSPS) is 10.5. The van der Waals surface area contributed by atoms with E-state index in [0.717, 1.165) is 23.4 Å². The second kappa shape index (κ2) is 5.89. The summed E-state index contributed by atoms with van der Waals surface area (Å²) in [4.78, 5) is 0. The number of hydrogen-bond acceptors (Lipinski definition) is 1. The second-order valence-electron chi connectivity index (χ2n) is 4.18. The molecule has 0 aliphatic heterocycles. The Morgan fingerprint density at radius 2 is 1.64 bits per heavy atom. The van der Waals surface area contributed by atoms with Gasteiger partial charge in [0.2, 0.25) is 0 Å². The lowest BCUT2D eigenvalue weighted by atomic mass is 10.3. The molecule has 0 saturated heterocycles. The summed E-state index contributed by atoms with van der Waals surface area (Å²) in [6.07, 6.45) is 0. The van der Waals surface area contributed by atoms with Gasteiger partial charge in [0.25, 0.3) is 0 Å². The highest BCUT2D eigenvalue weighted by atomic mass is 35.5. The third-order valence-electron chi connectivity index (χ3n) is 1.77. The Morgan fingerprint density at radius 1 is 1.07 bits per heavy atom. The highest BCUT2D eigenvalue weighted by Crippen LogP contribution is 2.07. The minimum Gasteiger partial charge on any atom is -1.00 e. The summed E-state index contributed by atoms with van der Waals surface area (Å²) in [5.74, 6) is 0.955. The van der Waals surface area contributed by atoms with E-state index in [4.69, 9.17) is 4.74 Å². The molecule has 0 aromatic heterocycles. The van der Waals surface area contributed by atoms with Crippen LogP contribution in [0.5, 0.6) is 5.75 Å². The van der Waals surface area contributed by atoms with E-state index in [2.05, 4.69) is 21.1 Å². The summed E-state index contributed by atoms with van der Waals surface area (Å²) < 4.78 is 6.50. The first-order valence-corrected chi connectivity index (χ1v) is 4.56. The van der Waals surface area contributed by atoms with Gasteiger partial charge in [0.15, 0.2) is 0 Å². The summed E-state index contributed by atoms with van der Waals surface area (Å²) >= 11 is 0. The third kappa shape index (κ3) is 5.84. The van der Waals surface area contributed by atoms with E-state index in [1.807, 2.05) is 30.3 Å². The van der Waals surface area contributed by atoms with Crippen molar-refractivity contribution >= 4 is 0 Å². The van der Waals surface area contributed by atoms with Crippen LogP contribution < -0.4 is 17.1 Å². The number of ether oxygens (including phenoxy) is 1. The highest BCUT2D eigenvalue weighted by molar-refractivity contribution is 5.20. The van der Waals surface area contributed by atoms with E-state index in [1.54, 1.807) is 0 Å². The Bertz CT molecular complexity index is 243. The van der Waals surface area contributed by atoms with Crippen molar-refractivity contribution in [3.8, 4) is 5.75 Å². The lowest BCUT2D eigenvalue weighted by molar-refractivity contribution is -0.870. The molecule has 3 heteroatoms. The topological polar surface area (TPSA) is 9.23 Å². The molecule has 0 saturated carbocycles. The fraction of sp³-hybridized carbons (Fsp3) is 0.455. The van der Waals surface area contributed by atoms with Gasteiger partial charge in [-0.1, -0.05) is 18.2 Å². The fourth-order valence-corrected chi connectivity index (χ4v) is 0.954. The van der Waals surface area contributed by atoms with Gasteiger partial charge in [-0.3, -0.25) is 0 Å². The van der Waals surface area contributed by atoms with Gasteiger partial charge in [-0.15, -0.1) is 0 Å². The summed E-state index contributed by atoms with van der Waals surface area (Å²) in [5, 5.41) is 0. The summed E-state index contributed by atoms with van der Waals surface area (Å²) in [6, 6.07) is 9.93. The van der Waals surface area contributed by atoms with Gasteiger partial charge in [0.05, 0.1) is 21.1 Å². The van der Waals surface area contributed by atoms with Crippen LogP contribution in [0.3, 0.4) is 0 Å². The minimum atomic E-state index is 0. The molecule has 0 unspecified atom stereocenters. The molecule has 0 fully saturated rings. The van der Waals surface area contributed by atoms with E-state index in [9.17, 15) is 0 Å². The van der Waals surface area contributed by atoms with Crippen LogP contribution in [0.1, 0.15) is 0 Å². The zero-order valence-corrected chi connectivity index (χ0v) is 9.79. The first-order valence-electron chi connectivity index (χ1n) is 4.56. The molecular weight excluding hydrogens is 198 g/mol. The van der Waals surface area contributed by atoms with Gasteiger partial charge in [0, 0.05) is 0 Å². The van der Waals surface area contributed by atoms with Gasteiger partial charge < -0.3 is 21.6 Å². The van der Waals surface area contributed by atoms with E-state index >= 15 is 0 Å². The molecule has 0 aliphatic carbocycles. The average Bonchev–Trinajstić information content (AvgIpc) is 2.04. The number of benzene rings is 1. The largest absolute Gasteiger partial charge is 1.00 e. The molecule has 0 spiro atoms. The SMILES string of the molecule is C[N+](C)(C)CCOc1ccccc1.[Cl-]. The molecule has 2 nitrogen and oxygen atoms in total. The Morgan fingerprint density at radius 3 is 2.14 bits per heavy atom. The van der Waals surface area contributed by atoms with Crippen LogP contribution in [0.2, 0.25) is 0 Å². The molecule has 0 N–H and O–H groups in total. The number of nitrogens with zero attached hydrogens (tertiary/aromatic N) is 1. The Labute approximate surface area is 92.5 Å². The molecular formula is C11H18ClNO. The Hall–Kier alpha value is -0.730. The van der Waals surface area contributed by atoms with Crippen molar-refractivity contribution in [3.05, 3.63) is 30.3 Å². The molecule has 0 amide bonds. The first-order chi connectivity index (χ1) is 6.08. The molecule has 1 rings (SSSR count). The van der Waals surface area contributed by atoms with Crippen LogP contribution in [-0.2, 0) is 0 Å². The van der Waals surface area contributed by atoms with Crippen molar-refractivity contribution < 1.29 is 21.6 Å². The van der Waals surface area contributed by atoms with E-state index < -0.39 is 0 Å². The number of hydrogen-bond donors (Lipinski definition) is 0. The van der Waals surface area contributed by atoms with Crippen LogP contribution >= 0.6 is 0 Å². The molecule has 0 atom stereocenters. The van der Waals surface area contributed by atoms with E-state index in [1.165, 1.54) is 0 Å². The predicted molar refractivity (Wildman–Crippen MR) is 54.8 cm³/mol. The molecule has 1 aromatic carbocycles. The number of halogens is 1. The fourth-order valence-electron chi connectivity index (χ4n) is 0.954.